The average molecular weight is 386 g/mol. The monoisotopic (exact) mass is 385 g/mol. The van der Waals surface area contributed by atoms with Crippen LogP contribution in [0.25, 0.3) is 0 Å². The minimum absolute atomic E-state index is 0.0424. The summed E-state index contributed by atoms with van der Waals surface area (Å²) in [6.07, 6.45) is 0.868. The van der Waals surface area contributed by atoms with Crippen LogP contribution in [0.15, 0.2) is 34.1 Å². The lowest BCUT2D eigenvalue weighted by molar-refractivity contribution is -0.130. The van der Waals surface area contributed by atoms with Crippen LogP contribution >= 0.6 is 27.3 Å². The van der Waals surface area contributed by atoms with Gasteiger partial charge < -0.3 is 9.64 Å². The van der Waals surface area contributed by atoms with Crippen molar-refractivity contribution in [1.82, 2.24) is 4.90 Å². The van der Waals surface area contributed by atoms with E-state index in [1.807, 2.05) is 12.1 Å². The van der Waals surface area contributed by atoms with E-state index in [1.54, 1.807) is 35.4 Å². The number of nitrogens with zero attached hydrogens (tertiary/aromatic N) is 1. The molecule has 0 N–H and O–H groups in total. The minimum atomic E-state index is -0.399. The molecule has 0 saturated carbocycles. The van der Waals surface area contributed by atoms with Gasteiger partial charge >= 0.3 is 0 Å². The zero-order valence-corrected chi connectivity index (χ0v) is 14.8. The fourth-order valence-electron chi connectivity index (χ4n) is 2.07. The number of hydrogen-bond acceptors (Lipinski definition) is 3. The van der Waals surface area contributed by atoms with Crippen molar-refractivity contribution in [2.45, 2.75) is 19.4 Å². The van der Waals surface area contributed by atoms with Gasteiger partial charge in [-0.15, -0.1) is 11.3 Å². The second kappa shape index (κ2) is 7.74. The molecule has 0 radical (unpaired) electrons. The third-order valence-corrected chi connectivity index (χ3v) is 4.90. The Morgan fingerprint density at radius 1 is 1.36 bits per heavy atom. The maximum atomic E-state index is 13.6. The molecule has 2 aromatic rings. The summed E-state index contributed by atoms with van der Waals surface area (Å²) in [5.74, 6) is -0.138. The normalized spacial score (nSPS) is 10.5. The van der Waals surface area contributed by atoms with Crippen LogP contribution in [0, 0.1) is 5.82 Å². The van der Waals surface area contributed by atoms with Crippen molar-refractivity contribution >= 4 is 33.2 Å². The zero-order valence-electron chi connectivity index (χ0n) is 12.4. The highest BCUT2D eigenvalue weighted by atomic mass is 79.9. The Hall–Kier alpha value is -1.40. The molecule has 2 rings (SSSR count). The zero-order chi connectivity index (χ0) is 16.1. The van der Waals surface area contributed by atoms with E-state index in [9.17, 15) is 9.18 Å². The van der Waals surface area contributed by atoms with Gasteiger partial charge in [0.2, 0.25) is 5.91 Å². The highest BCUT2D eigenvalue weighted by Crippen LogP contribution is 2.23. The van der Waals surface area contributed by atoms with Crippen molar-refractivity contribution < 1.29 is 13.9 Å². The van der Waals surface area contributed by atoms with Crippen LogP contribution in [0.2, 0.25) is 0 Å². The molecule has 0 aliphatic carbocycles. The van der Waals surface area contributed by atoms with Crippen LogP contribution in [-0.4, -0.2) is 25.0 Å². The first-order valence-corrected chi connectivity index (χ1v) is 8.41. The SMILES string of the molecule is COc1ccc(CCC(=O)N(C)Cc2ccc(Br)s2)cc1F. The van der Waals surface area contributed by atoms with Gasteiger partial charge in [0.05, 0.1) is 17.4 Å². The molecule has 0 bridgehead atoms. The molecule has 0 aliphatic rings. The maximum Gasteiger partial charge on any atom is 0.222 e. The summed E-state index contributed by atoms with van der Waals surface area (Å²) in [6.45, 7) is 0.589. The van der Waals surface area contributed by atoms with Gasteiger partial charge in [0.1, 0.15) is 0 Å². The first-order valence-electron chi connectivity index (χ1n) is 6.80. The number of rotatable bonds is 6. The number of amides is 1. The predicted octanol–water partition coefficient (Wildman–Crippen LogP) is 4.25. The molecule has 3 nitrogen and oxygen atoms in total. The lowest BCUT2D eigenvalue weighted by Gasteiger charge is -2.16. The molecule has 1 amide bonds. The van der Waals surface area contributed by atoms with E-state index in [4.69, 9.17) is 4.74 Å². The number of carbonyl (C=O) groups excluding carboxylic acids is 1. The van der Waals surface area contributed by atoms with E-state index >= 15 is 0 Å². The minimum Gasteiger partial charge on any atom is -0.494 e. The number of halogens is 2. The number of ether oxygens (including phenoxy) is 1. The van der Waals surface area contributed by atoms with Gasteiger partial charge in [-0.3, -0.25) is 4.79 Å². The van der Waals surface area contributed by atoms with Gasteiger partial charge in [0, 0.05) is 18.3 Å². The van der Waals surface area contributed by atoms with Crippen LogP contribution in [-0.2, 0) is 17.8 Å². The van der Waals surface area contributed by atoms with Gasteiger partial charge in [0.15, 0.2) is 11.6 Å². The lowest BCUT2D eigenvalue weighted by Crippen LogP contribution is -2.25. The molecule has 6 heteroatoms. The summed E-state index contributed by atoms with van der Waals surface area (Å²) in [6, 6.07) is 8.76. The van der Waals surface area contributed by atoms with E-state index in [0.29, 0.717) is 19.4 Å². The Labute approximate surface area is 141 Å². The van der Waals surface area contributed by atoms with Gasteiger partial charge in [-0.05, 0) is 52.2 Å². The van der Waals surface area contributed by atoms with Crippen LogP contribution in [0.1, 0.15) is 16.9 Å². The van der Waals surface area contributed by atoms with Crippen LogP contribution in [0.3, 0.4) is 0 Å². The van der Waals surface area contributed by atoms with Crippen molar-refractivity contribution in [3.8, 4) is 5.75 Å². The average Bonchev–Trinajstić information content (AvgIpc) is 2.90. The Morgan fingerprint density at radius 3 is 2.73 bits per heavy atom. The lowest BCUT2D eigenvalue weighted by atomic mass is 10.1. The van der Waals surface area contributed by atoms with Gasteiger partial charge in [-0.25, -0.2) is 4.39 Å². The molecular formula is C16H17BrFNO2S. The quantitative estimate of drug-likeness (QED) is 0.743. The predicted molar refractivity (Wildman–Crippen MR) is 89.8 cm³/mol. The number of thiophene rings is 1. The summed E-state index contributed by atoms with van der Waals surface area (Å²) in [7, 11) is 3.21. The summed E-state index contributed by atoms with van der Waals surface area (Å²) >= 11 is 5.02. The summed E-state index contributed by atoms with van der Waals surface area (Å²) < 4.78 is 19.5. The van der Waals surface area contributed by atoms with Crippen LogP contribution < -0.4 is 4.74 Å². The van der Waals surface area contributed by atoms with E-state index in [0.717, 1.165) is 14.2 Å². The summed E-state index contributed by atoms with van der Waals surface area (Å²) in [4.78, 5) is 15.0. The molecule has 0 spiro atoms. The third-order valence-electron chi connectivity index (χ3n) is 3.29. The molecular weight excluding hydrogens is 369 g/mol. The Kier molecular flexibility index (Phi) is 5.97. The van der Waals surface area contributed by atoms with Crippen molar-refractivity contribution in [2.24, 2.45) is 0 Å². The number of carbonyl (C=O) groups is 1. The molecule has 0 unspecified atom stereocenters. The standard InChI is InChI=1S/C16H17BrFNO2S/c1-19(10-12-5-7-15(17)22-12)16(20)8-4-11-3-6-14(21-2)13(18)9-11/h3,5-7,9H,4,8,10H2,1-2H3. The second-order valence-electron chi connectivity index (χ2n) is 4.92. The summed E-state index contributed by atoms with van der Waals surface area (Å²) in [5.41, 5.74) is 0.791. The first kappa shape index (κ1) is 17.0. The van der Waals surface area contributed by atoms with E-state index in [-0.39, 0.29) is 11.7 Å². The molecule has 0 fully saturated rings. The Morgan fingerprint density at radius 2 is 2.14 bits per heavy atom. The number of aryl methyl sites for hydroxylation is 1. The highest BCUT2D eigenvalue weighted by molar-refractivity contribution is 9.11. The van der Waals surface area contributed by atoms with Crippen molar-refractivity contribution in [1.29, 1.82) is 0 Å². The van der Waals surface area contributed by atoms with Crippen molar-refractivity contribution in [3.63, 3.8) is 0 Å². The molecule has 1 aromatic carbocycles. The van der Waals surface area contributed by atoms with Crippen LogP contribution in [0.4, 0.5) is 4.39 Å². The molecule has 118 valence electrons. The molecule has 1 aromatic heterocycles. The largest absolute Gasteiger partial charge is 0.494 e. The van der Waals surface area contributed by atoms with Gasteiger partial charge in [-0.2, -0.15) is 0 Å². The number of methoxy groups -OCH3 is 1. The Bertz CT molecular complexity index is 659. The van der Waals surface area contributed by atoms with E-state index in [2.05, 4.69) is 15.9 Å². The molecule has 0 saturated heterocycles. The van der Waals surface area contributed by atoms with Gasteiger partial charge in [0.25, 0.3) is 0 Å². The number of hydrogen-bond donors (Lipinski definition) is 0. The van der Waals surface area contributed by atoms with Crippen molar-refractivity contribution in [3.05, 3.63) is 50.4 Å². The number of benzene rings is 1. The first-order chi connectivity index (χ1) is 10.5. The molecule has 22 heavy (non-hydrogen) atoms. The molecule has 0 aliphatic heterocycles. The summed E-state index contributed by atoms with van der Waals surface area (Å²) in [5, 5.41) is 0. The third kappa shape index (κ3) is 4.55. The van der Waals surface area contributed by atoms with Crippen LogP contribution in [0.5, 0.6) is 5.75 Å². The fourth-order valence-corrected chi connectivity index (χ4v) is 3.60. The topological polar surface area (TPSA) is 29.5 Å². The molecule has 1 heterocycles. The van der Waals surface area contributed by atoms with Crippen molar-refractivity contribution in [2.75, 3.05) is 14.2 Å². The highest BCUT2D eigenvalue weighted by Gasteiger charge is 2.11. The fraction of sp³-hybridized carbons (Fsp3) is 0.312. The van der Waals surface area contributed by atoms with Gasteiger partial charge in [-0.1, -0.05) is 6.07 Å². The Balaban J connectivity index is 1.87. The maximum absolute atomic E-state index is 13.6. The second-order valence-corrected chi connectivity index (χ2v) is 7.47. The van der Waals surface area contributed by atoms with E-state index in [1.165, 1.54) is 13.2 Å². The smallest absolute Gasteiger partial charge is 0.222 e. The van der Waals surface area contributed by atoms with E-state index < -0.39 is 5.82 Å². The molecule has 0 atom stereocenters.